The molecule has 1 unspecified atom stereocenters. The number of nitrogens with zero attached hydrogens (tertiary/aromatic N) is 1. The Kier molecular flexibility index (Phi) is 3.26. The molecule has 0 fully saturated rings. The Hall–Kier alpha value is -1.33. The smallest absolute Gasteiger partial charge is 0.183 e. The van der Waals surface area contributed by atoms with Crippen molar-refractivity contribution in [2.24, 2.45) is 0 Å². The molecule has 0 aliphatic carbocycles. The molecule has 5 heteroatoms. The Balaban J connectivity index is 2.13. The van der Waals surface area contributed by atoms with Crippen molar-refractivity contribution in [2.45, 2.75) is 13.0 Å². The number of aromatic nitrogens is 1. The van der Waals surface area contributed by atoms with Gasteiger partial charge in [0, 0.05) is 19.3 Å². The first kappa shape index (κ1) is 11.2. The number of nitrogens with one attached hydrogen (secondary N) is 1. The minimum Gasteiger partial charge on any atom is -0.399 e. The number of hydrogen-bond acceptors (Lipinski definition) is 5. The molecule has 0 radical (unpaired) electrons. The van der Waals surface area contributed by atoms with Gasteiger partial charge in [-0.05, 0) is 25.1 Å². The molecular formula is C11H15N3OS. The van der Waals surface area contributed by atoms with Crippen LogP contribution in [0.4, 0.5) is 10.8 Å². The van der Waals surface area contributed by atoms with Gasteiger partial charge in [-0.3, -0.25) is 0 Å². The molecular weight excluding hydrogens is 222 g/mol. The van der Waals surface area contributed by atoms with Crippen LogP contribution in [0.2, 0.25) is 0 Å². The van der Waals surface area contributed by atoms with Crippen molar-refractivity contribution in [1.82, 2.24) is 4.98 Å². The van der Waals surface area contributed by atoms with Crippen LogP contribution in [0.15, 0.2) is 18.2 Å². The maximum atomic E-state index is 5.72. The number of ether oxygens (including phenoxy) is 1. The standard InChI is InChI=1S/C11H15N3OS/c1-7(15-2)6-13-11-14-9-4-3-8(12)5-10(9)16-11/h3-5,7H,6,12H2,1-2H3,(H,13,14). The van der Waals surface area contributed by atoms with Crippen molar-refractivity contribution in [3.8, 4) is 0 Å². The molecule has 0 saturated carbocycles. The highest BCUT2D eigenvalue weighted by atomic mass is 32.1. The summed E-state index contributed by atoms with van der Waals surface area (Å²) in [6.45, 7) is 2.77. The van der Waals surface area contributed by atoms with Crippen LogP contribution in [-0.4, -0.2) is 24.7 Å². The zero-order chi connectivity index (χ0) is 11.5. The molecule has 2 rings (SSSR count). The Morgan fingerprint density at radius 3 is 3.12 bits per heavy atom. The number of fused-ring (bicyclic) bond motifs is 1. The van der Waals surface area contributed by atoms with Crippen LogP contribution in [0.1, 0.15) is 6.92 Å². The average Bonchev–Trinajstić information content (AvgIpc) is 2.67. The van der Waals surface area contributed by atoms with Crippen molar-refractivity contribution < 1.29 is 4.74 Å². The zero-order valence-corrected chi connectivity index (χ0v) is 10.2. The summed E-state index contributed by atoms with van der Waals surface area (Å²) in [6.07, 6.45) is 0.178. The van der Waals surface area contributed by atoms with Crippen molar-refractivity contribution in [2.75, 3.05) is 24.7 Å². The van der Waals surface area contributed by atoms with Crippen molar-refractivity contribution >= 4 is 32.4 Å². The molecule has 1 heterocycles. The fourth-order valence-corrected chi connectivity index (χ4v) is 2.25. The molecule has 0 aliphatic rings. The summed E-state index contributed by atoms with van der Waals surface area (Å²) in [5.74, 6) is 0. The molecule has 0 saturated heterocycles. The summed E-state index contributed by atoms with van der Waals surface area (Å²) in [6, 6.07) is 5.74. The van der Waals surface area contributed by atoms with Crippen LogP contribution in [0.3, 0.4) is 0 Å². The summed E-state index contributed by atoms with van der Waals surface area (Å²) in [4.78, 5) is 4.46. The molecule has 2 aromatic rings. The summed E-state index contributed by atoms with van der Waals surface area (Å²) in [7, 11) is 1.70. The van der Waals surface area contributed by atoms with E-state index in [0.717, 1.165) is 27.6 Å². The van der Waals surface area contributed by atoms with E-state index >= 15 is 0 Å². The number of hydrogen-bond donors (Lipinski definition) is 2. The summed E-state index contributed by atoms with van der Waals surface area (Å²) in [5.41, 5.74) is 7.47. The lowest BCUT2D eigenvalue weighted by Gasteiger charge is -2.08. The molecule has 1 atom stereocenters. The van der Waals surface area contributed by atoms with Gasteiger partial charge in [0.1, 0.15) is 0 Å². The fraction of sp³-hybridized carbons (Fsp3) is 0.364. The van der Waals surface area contributed by atoms with Crippen molar-refractivity contribution in [1.29, 1.82) is 0 Å². The quantitative estimate of drug-likeness (QED) is 0.801. The average molecular weight is 237 g/mol. The highest BCUT2D eigenvalue weighted by molar-refractivity contribution is 7.22. The molecule has 86 valence electrons. The van der Waals surface area contributed by atoms with Crippen LogP contribution in [0.5, 0.6) is 0 Å². The Bertz CT molecular complexity index is 483. The minimum atomic E-state index is 0.178. The molecule has 4 nitrogen and oxygen atoms in total. The molecule has 16 heavy (non-hydrogen) atoms. The van der Waals surface area contributed by atoms with E-state index < -0.39 is 0 Å². The number of thiazole rings is 1. The van der Waals surface area contributed by atoms with Crippen LogP contribution >= 0.6 is 11.3 Å². The van der Waals surface area contributed by atoms with Crippen molar-refractivity contribution in [3.05, 3.63) is 18.2 Å². The van der Waals surface area contributed by atoms with E-state index in [2.05, 4.69) is 10.3 Å². The molecule has 1 aromatic heterocycles. The summed E-state index contributed by atoms with van der Waals surface area (Å²) < 4.78 is 6.26. The fourth-order valence-electron chi connectivity index (χ4n) is 1.33. The largest absolute Gasteiger partial charge is 0.399 e. The van der Waals surface area contributed by atoms with Gasteiger partial charge >= 0.3 is 0 Å². The second-order valence-corrected chi connectivity index (χ2v) is 4.70. The number of nitrogens with two attached hydrogens (primary N) is 1. The van der Waals surface area contributed by atoms with E-state index in [0.29, 0.717) is 0 Å². The van der Waals surface area contributed by atoms with Crippen LogP contribution in [0.25, 0.3) is 10.2 Å². The van der Waals surface area contributed by atoms with Crippen LogP contribution < -0.4 is 11.1 Å². The second-order valence-electron chi connectivity index (χ2n) is 3.67. The molecule has 0 aliphatic heterocycles. The number of rotatable bonds is 4. The molecule has 0 amide bonds. The summed E-state index contributed by atoms with van der Waals surface area (Å²) >= 11 is 1.61. The zero-order valence-electron chi connectivity index (χ0n) is 9.36. The molecule has 0 spiro atoms. The Labute approximate surface area is 98.4 Å². The van der Waals surface area contributed by atoms with Gasteiger partial charge in [0.15, 0.2) is 5.13 Å². The predicted octanol–water partition coefficient (Wildman–Crippen LogP) is 2.33. The third-order valence-electron chi connectivity index (χ3n) is 2.36. The molecule has 1 aromatic carbocycles. The highest BCUT2D eigenvalue weighted by Crippen LogP contribution is 2.27. The third kappa shape index (κ3) is 2.43. The second kappa shape index (κ2) is 4.67. The summed E-state index contributed by atoms with van der Waals surface area (Å²) in [5, 5.41) is 4.15. The van der Waals surface area contributed by atoms with Gasteiger partial charge in [-0.25, -0.2) is 4.98 Å². The van der Waals surface area contributed by atoms with E-state index in [-0.39, 0.29) is 6.10 Å². The topological polar surface area (TPSA) is 60.2 Å². The van der Waals surface area contributed by atoms with Gasteiger partial charge in [-0.2, -0.15) is 0 Å². The lowest BCUT2D eigenvalue weighted by atomic mass is 10.3. The van der Waals surface area contributed by atoms with E-state index in [1.54, 1.807) is 18.4 Å². The Morgan fingerprint density at radius 2 is 2.38 bits per heavy atom. The SMILES string of the molecule is COC(C)CNc1nc2ccc(N)cc2s1. The Morgan fingerprint density at radius 1 is 1.56 bits per heavy atom. The van der Waals surface area contributed by atoms with Gasteiger partial charge in [-0.15, -0.1) is 0 Å². The third-order valence-corrected chi connectivity index (χ3v) is 3.33. The van der Waals surface area contributed by atoms with Crippen LogP contribution in [-0.2, 0) is 4.74 Å². The van der Waals surface area contributed by atoms with Gasteiger partial charge < -0.3 is 15.8 Å². The first-order valence-corrected chi connectivity index (χ1v) is 5.93. The lowest BCUT2D eigenvalue weighted by Crippen LogP contribution is -2.17. The highest BCUT2D eigenvalue weighted by Gasteiger charge is 2.05. The minimum absolute atomic E-state index is 0.178. The molecule has 0 bridgehead atoms. The monoisotopic (exact) mass is 237 g/mol. The van der Waals surface area contributed by atoms with Gasteiger partial charge in [0.2, 0.25) is 0 Å². The first-order chi connectivity index (χ1) is 7.69. The van der Waals surface area contributed by atoms with Crippen LogP contribution in [0, 0.1) is 0 Å². The van der Waals surface area contributed by atoms with Gasteiger partial charge in [0.25, 0.3) is 0 Å². The maximum Gasteiger partial charge on any atom is 0.183 e. The number of benzene rings is 1. The van der Waals surface area contributed by atoms with Gasteiger partial charge in [0.05, 0.1) is 16.3 Å². The molecule has 3 N–H and O–H groups in total. The van der Waals surface area contributed by atoms with Gasteiger partial charge in [-0.1, -0.05) is 11.3 Å². The first-order valence-electron chi connectivity index (χ1n) is 5.12. The predicted molar refractivity (Wildman–Crippen MR) is 69.0 cm³/mol. The normalized spacial score (nSPS) is 12.9. The van der Waals surface area contributed by atoms with E-state index in [1.807, 2.05) is 25.1 Å². The van der Waals surface area contributed by atoms with Crippen molar-refractivity contribution in [3.63, 3.8) is 0 Å². The van der Waals surface area contributed by atoms with E-state index in [1.165, 1.54) is 0 Å². The van der Waals surface area contributed by atoms with E-state index in [4.69, 9.17) is 10.5 Å². The number of nitrogen functional groups attached to an aromatic ring is 1. The lowest BCUT2D eigenvalue weighted by molar-refractivity contribution is 0.129. The number of anilines is 2. The van der Waals surface area contributed by atoms with E-state index in [9.17, 15) is 0 Å². The number of methoxy groups -OCH3 is 1. The maximum absolute atomic E-state index is 5.72.